The van der Waals surface area contributed by atoms with E-state index in [1.54, 1.807) is 4.90 Å². The van der Waals surface area contributed by atoms with Crippen LogP contribution in [0.3, 0.4) is 0 Å². The zero-order valence-corrected chi connectivity index (χ0v) is 10.4. The Balaban J connectivity index is 2.08. The Hall–Kier alpha value is -1.12. The molecule has 2 unspecified atom stereocenters. The van der Waals surface area contributed by atoms with E-state index < -0.39 is 11.5 Å². The number of likely N-dealkylation sites (N-methyl/N-ethyl adjacent to an activating group) is 1. The van der Waals surface area contributed by atoms with E-state index in [2.05, 4.69) is 6.07 Å². The number of aliphatic hydroxyl groups excluding tert-OH is 1. The van der Waals surface area contributed by atoms with Gasteiger partial charge in [0, 0.05) is 19.1 Å². The van der Waals surface area contributed by atoms with Gasteiger partial charge in [0.2, 0.25) is 5.91 Å². The lowest BCUT2D eigenvalue weighted by atomic mass is 10.1. The van der Waals surface area contributed by atoms with E-state index in [4.69, 9.17) is 5.26 Å². The average Bonchev–Trinajstić information content (AvgIpc) is 2.97. The van der Waals surface area contributed by atoms with Crippen molar-refractivity contribution < 1.29 is 9.90 Å². The van der Waals surface area contributed by atoms with Gasteiger partial charge in [-0.15, -0.1) is 0 Å². The highest BCUT2D eigenvalue weighted by Gasteiger charge is 2.54. The molecule has 1 amide bonds. The van der Waals surface area contributed by atoms with Gasteiger partial charge < -0.3 is 14.9 Å². The first-order chi connectivity index (χ1) is 7.98. The molecule has 2 aliphatic rings. The molecule has 0 bridgehead atoms. The zero-order valence-electron chi connectivity index (χ0n) is 10.4. The van der Waals surface area contributed by atoms with Crippen molar-refractivity contribution in [2.24, 2.45) is 5.41 Å². The number of hydrogen-bond donors (Lipinski definition) is 1. The lowest BCUT2D eigenvalue weighted by Gasteiger charge is -2.28. The third kappa shape index (κ3) is 2.28. The van der Waals surface area contributed by atoms with Crippen LogP contribution in [0.4, 0.5) is 0 Å². The molecular formula is C12H19N3O2. The van der Waals surface area contributed by atoms with Crippen molar-refractivity contribution in [3.63, 3.8) is 0 Å². The van der Waals surface area contributed by atoms with E-state index >= 15 is 0 Å². The molecule has 0 aromatic carbocycles. The predicted octanol–water partition coefficient (Wildman–Crippen LogP) is -0.186. The molecule has 94 valence electrons. The van der Waals surface area contributed by atoms with Gasteiger partial charge in [-0.05, 0) is 33.4 Å². The van der Waals surface area contributed by atoms with Gasteiger partial charge >= 0.3 is 0 Å². The minimum absolute atomic E-state index is 0.0401. The summed E-state index contributed by atoms with van der Waals surface area (Å²) in [5.74, 6) is -0.0802. The van der Waals surface area contributed by atoms with Gasteiger partial charge in [0.25, 0.3) is 0 Å². The zero-order chi connectivity index (χ0) is 12.6. The number of nitrogens with zero attached hydrogens (tertiary/aromatic N) is 3. The Morgan fingerprint density at radius 2 is 2.24 bits per heavy atom. The summed E-state index contributed by atoms with van der Waals surface area (Å²) < 4.78 is 0. The minimum Gasteiger partial charge on any atom is -0.391 e. The maximum absolute atomic E-state index is 12.3. The lowest BCUT2D eigenvalue weighted by Crippen LogP contribution is -2.44. The van der Waals surface area contributed by atoms with Crippen LogP contribution in [0.2, 0.25) is 0 Å². The predicted molar refractivity (Wildman–Crippen MR) is 62.0 cm³/mol. The third-order valence-corrected chi connectivity index (χ3v) is 3.60. The van der Waals surface area contributed by atoms with Gasteiger partial charge in [0.05, 0.1) is 12.2 Å². The van der Waals surface area contributed by atoms with Gasteiger partial charge in [-0.3, -0.25) is 4.79 Å². The second kappa shape index (κ2) is 4.28. The fraction of sp³-hybridized carbons (Fsp3) is 0.833. The average molecular weight is 237 g/mol. The maximum atomic E-state index is 12.3. The van der Waals surface area contributed by atoms with Crippen LogP contribution in [-0.4, -0.2) is 60.1 Å². The quantitative estimate of drug-likeness (QED) is 0.739. The third-order valence-electron chi connectivity index (χ3n) is 3.60. The van der Waals surface area contributed by atoms with E-state index in [9.17, 15) is 9.90 Å². The molecule has 1 saturated carbocycles. The highest BCUT2D eigenvalue weighted by Crippen LogP contribution is 2.47. The fourth-order valence-corrected chi connectivity index (χ4v) is 2.51. The Morgan fingerprint density at radius 1 is 1.59 bits per heavy atom. The Morgan fingerprint density at radius 3 is 2.71 bits per heavy atom. The topological polar surface area (TPSA) is 67.6 Å². The van der Waals surface area contributed by atoms with Crippen molar-refractivity contribution in [2.75, 3.05) is 27.2 Å². The van der Waals surface area contributed by atoms with Crippen LogP contribution in [0, 0.1) is 16.7 Å². The van der Waals surface area contributed by atoms with Gasteiger partial charge in [0.1, 0.15) is 5.41 Å². The number of nitriles is 1. The molecule has 1 saturated heterocycles. The van der Waals surface area contributed by atoms with Crippen molar-refractivity contribution in [1.82, 2.24) is 9.80 Å². The number of likely N-dealkylation sites (tertiary alicyclic amines) is 1. The lowest BCUT2D eigenvalue weighted by molar-refractivity contribution is -0.136. The summed E-state index contributed by atoms with van der Waals surface area (Å²) in [7, 11) is 3.90. The summed E-state index contributed by atoms with van der Waals surface area (Å²) >= 11 is 0. The summed E-state index contributed by atoms with van der Waals surface area (Å²) in [4.78, 5) is 16.0. The molecular weight excluding hydrogens is 218 g/mol. The van der Waals surface area contributed by atoms with Crippen molar-refractivity contribution in [2.45, 2.75) is 31.4 Å². The van der Waals surface area contributed by atoms with E-state index in [1.165, 1.54) is 0 Å². The van der Waals surface area contributed by atoms with Gasteiger partial charge in [-0.25, -0.2) is 0 Å². The minimum atomic E-state index is -0.769. The van der Waals surface area contributed by atoms with E-state index in [-0.39, 0.29) is 11.9 Å². The van der Waals surface area contributed by atoms with Crippen molar-refractivity contribution in [3.8, 4) is 6.07 Å². The highest BCUT2D eigenvalue weighted by atomic mass is 16.3. The van der Waals surface area contributed by atoms with Crippen LogP contribution in [0.5, 0.6) is 0 Å². The summed E-state index contributed by atoms with van der Waals surface area (Å²) in [6, 6.07) is 2.17. The van der Waals surface area contributed by atoms with Crippen molar-refractivity contribution >= 4 is 5.91 Å². The number of aliphatic hydroxyl groups is 1. The molecule has 0 spiro atoms. The molecule has 1 N–H and O–H groups in total. The van der Waals surface area contributed by atoms with Crippen molar-refractivity contribution in [1.29, 1.82) is 5.26 Å². The monoisotopic (exact) mass is 237 g/mol. The first-order valence-corrected chi connectivity index (χ1v) is 6.03. The number of β-amino-alcohol motifs (C(OH)–C–C–N with tert-alkyl or cyclic N) is 1. The van der Waals surface area contributed by atoms with Gasteiger partial charge in [-0.2, -0.15) is 5.26 Å². The largest absolute Gasteiger partial charge is 0.391 e. The van der Waals surface area contributed by atoms with Crippen LogP contribution in [-0.2, 0) is 4.79 Å². The number of carbonyl (C=O) groups excluding carboxylic acids is 1. The number of hydrogen-bond acceptors (Lipinski definition) is 4. The molecule has 0 radical (unpaired) electrons. The van der Waals surface area contributed by atoms with Crippen LogP contribution >= 0.6 is 0 Å². The molecule has 5 nitrogen and oxygen atoms in total. The molecule has 17 heavy (non-hydrogen) atoms. The molecule has 0 aromatic rings. The number of amides is 1. The molecule has 2 atom stereocenters. The summed E-state index contributed by atoms with van der Waals surface area (Å²) in [5.41, 5.74) is -0.769. The summed E-state index contributed by atoms with van der Waals surface area (Å²) in [6.07, 6.45) is 1.51. The number of rotatable bonds is 3. The SMILES string of the molecule is CN(C)CC1CC(O)CN1C(=O)C1(C#N)CC1. The maximum Gasteiger partial charge on any atom is 0.243 e. The summed E-state index contributed by atoms with van der Waals surface area (Å²) in [5, 5.41) is 18.7. The normalized spacial score (nSPS) is 30.4. The smallest absolute Gasteiger partial charge is 0.243 e. The summed E-state index contributed by atoms with van der Waals surface area (Å²) in [6.45, 7) is 1.12. The molecule has 2 fully saturated rings. The van der Waals surface area contributed by atoms with E-state index in [0.29, 0.717) is 25.8 Å². The first-order valence-electron chi connectivity index (χ1n) is 6.03. The highest BCUT2D eigenvalue weighted by molar-refractivity contribution is 5.88. The first kappa shape index (κ1) is 12.3. The molecule has 0 aromatic heterocycles. The Labute approximate surface area is 102 Å². The second-order valence-electron chi connectivity index (χ2n) is 5.46. The van der Waals surface area contributed by atoms with Crippen LogP contribution in [0.25, 0.3) is 0 Å². The molecule has 1 heterocycles. The molecule has 2 rings (SSSR count). The van der Waals surface area contributed by atoms with E-state index in [0.717, 1.165) is 6.54 Å². The Kier molecular flexibility index (Phi) is 3.11. The van der Waals surface area contributed by atoms with Gasteiger partial charge in [0.15, 0.2) is 0 Å². The van der Waals surface area contributed by atoms with E-state index in [1.807, 2.05) is 19.0 Å². The fourth-order valence-electron chi connectivity index (χ4n) is 2.51. The molecule has 1 aliphatic carbocycles. The van der Waals surface area contributed by atoms with Crippen LogP contribution in [0.15, 0.2) is 0 Å². The van der Waals surface area contributed by atoms with Crippen LogP contribution < -0.4 is 0 Å². The number of carbonyl (C=O) groups is 1. The standard InChI is InChI=1S/C12H19N3O2/c1-14(2)6-9-5-10(16)7-15(9)11(17)12(8-13)3-4-12/h9-10,16H,3-7H2,1-2H3. The molecule has 5 heteroatoms. The Bertz CT molecular complexity index is 357. The van der Waals surface area contributed by atoms with Crippen molar-refractivity contribution in [3.05, 3.63) is 0 Å². The van der Waals surface area contributed by atoms with Crippen LogP contribution in [0.1, 0.15) is 19.3 Å². The second-order valence-corrected chi connectivity index (χ2v) is 5.46. The molecule has 1 aliphatic heterocycles. The van der Waals surface area contributed by atoms with Gasteiger partial charge in [-0.1, -0.05) is 0 Å².